The van der Waals surface area contributed by atoms with E-state index in [0.717, 1.165) is 12.0 Å². The van der Waals surface area contributed by atoms with Gasteiger partial charge in [0.2, 0.25) is 5.91 Å². The first-order chi connectivity index (χ1) is 14.5. The Balaban J connectivity index is 0.00000480. The Morgan fingerprint density at radius 3 is 2.16 bits per heavy atom. The van der Waals surface area contributed by atoms with Crippen molar-refractivity contribution in [3.63, 3.8) is 0 Å². The van der Waals surface area contributed by atoms with Crippen LogP contribution in [0.25, 0.3) is 0 Å². The van der Waals surface area contributed by atoms with Crippen LogP contribution in [0.5, 0.6) is 0 Å². The zero-order chi connectivity index (χ0) is 21.8. The number of rotatable bonds is 10. The van der Waals surface area contributed by atoms with E-state index in [-0.39, 0.29) is 48.6 Å². The Morgan fingerprint density at radius 2 is 1.58 bits per heavy atom. The normalized spacial score (nSPS) is 13.0. The van der Waals surface area contributed by atoms with E-state index in [2.05, 4.69) is 53.7 Å². The Kier molecular flexibility index (Phi) is 12.8. The number of hydrogen-bond donors (Lipinski definition) is 2. The molecule has 0 heterocycles. The standard InChI is InChI=1S/C24H34N4O2.HI/c1-19(21-12-7-5-8-13-21)27-24(26-18-23(29)28(3)4)25-16-11-17-30-20(2)22-14-9-6-10-15-22;/h5-10,12-15,19-20H,11,16-18H2,1-4H3,(H2,25,26,27);1H. The number of carbonyl (C=O) groups is 1. The lowest BCUT2D eigenvalue weighted by molar-refractivity contribution is -0.127. The maximum Gasteiger partial charge on any atom is 0.243 e. The number of benzene rings is 2. The molecule has 2 aromatic carbocycles. The predicted molar refractivity (Wildman–Crippen MR) is 138 cm³/mol. The van der Waals surface area contributed by atoms with Crippen molar-refractivity contribution in [2.24, 2.45) is 4.99 Å². The SMILES string of the molecule is CC(NC(=NCC(=O)N(C)C)NCCCOC(C)c1ccccc1)c1ccccc1.I. The number of amides is 1. The van der Waals surface area contributed by atoms with E-state index < -0.39 is 0 Å². The highest BCUT2D eigenvalue weighted by molar-refractivity contribution is 14.0. The van der Waals surface area contributed by atoms with Gasteiger partial charge in [-0.15, -0.1) is 24.0 Å². The summed E-state index contributed by atoms with van der Waals surface area (Å²) in [5, 5.41) is 6.70. The lowest BCUT2D eigenvalue weighted by atomic mass is 10.1. The molecule has 6 nitrogen and oxygen atoms in total. The molecule has 0 saturated heterocycles. The third-order valence-electron chi connectivity index (χ3n) is 4.77. The van der Waals surface area contributed by atoms with Gasteiger partial charge in [-0.1, -0.05) is 60.7 Å². The molecule has 7 heteroatoms. The second-order valence-corrected chi connectivity index (χ2v) is 7.43. The lowest BCUT2D eigenvalue weighted by Gasteiger charge is -2.19. The predicted octanol–water partition coefficient (Wildman–Crippen LogP) is 4.16. The maximum atomic E-state index is 11.9. The third-order valence-corrected chi connectivity index (χ3v) is 4.77. The molecule has 170 valence electrons. The molecule has 2 N–H and O–H groups in total. The van der Waals surface area contributed by atoms with E-state index >= 15 is 0 Å². The summed E-state index contributed by atoms with van der Waals surface area (Å²) in [6, 6.07) is 20.4. The van der Waals surface area contributed by atoms with Gasteiger partial charge in [0, 0.05) is 27.2 Å². The highest BCUT2D eigenvalue weighted by atomic mass is 127. The van der Waals surface area contributed by atoms with Crippen LogP contribution in [0.2, 0.25) is 0 Å². The van der Waals surface area contributed by atoms with Crippen LogP contribution in [0.1, 0.15) is 43.5 Å². The molecule has 2 aromatic rings. The fourth-order valence-electron chi connectivity index (χ4n) is 2.83. The van der Waals surface area contributed by atoms with Gasteiger partial charge in [0.25, 0.3) is 0 Å². The summed E-state index contributed by atoms with van der Waals surface area (Å²) < 4.78 is 5.93. The van der Waals surface area contributed by atoms with E-state index in [9.17, 15) is 4.79 Å². The van der Waals surface area contributed by atoms with Crippen molar-refractivity contribution >= 4 is 35.8 Å². The van der Waals surface area contributed by atoms with Crippen molar-refractivity contribution in [1.29, 1.82) is 0 Å². The van der Waals surface area contributed by atoms with Gasteiger partial charge in [0.15, 0.2) is 5.96 Å². The van der Waals surface area contributed by atoms with Crippen molar-refractivity contribution in [3.8, 4) is 0 Å². The Morgan fingerprint density at radius 1 is 1.00 bits per heavy atom. The zero-order valence-corrected chi connectivity index (χ0v) is 21.2. The van der Waals surface area contributed by atoms with E-state index in [1.54, 1.807) is 19.0 Å². The van der Waals surface area contributed by atoms with Gasteiger partial charge in [0.05, 0.1) is 12.1 Å². The zero-order valence-electron chi connectivity index (χ0n) is 18.9. The summed E-state index contributed by atoms with van der Waals surface area (Å²) in [7, 11) is 3.46. The molecule has 0 aliphatic carbocycles. The summed E-state index contributed by atoms with van der Waals surface area (Å²) in [6.07, 6.45) is 0.896. The van der Waals surface area contributed by atoms with Gasteiger partial charge >= 0.3 is 0 Å². The fourth-order valence-corrected chi connectivity index (χ4v) is 2.83. The third kappa shape index (κ3) is 10.1. The van der Waals surface area contributed by atoms with E-state index in [4.69, 9.17) is 4.74 Å². The molecule has 0 saturated carbocycles. The fraction of sp³-hybridized carbons (Fsp3) is 0.417. The summed E-state index contributed by atoms with van der Waals surface area (Å²) >= 11 is 0. The van der Waals surface area contributed by atoms with E-state index in [1.807, 2.05) is 36.4 Å². The highest BCUT2D eigenvalue weighted by Gasteiger charge is 2.10. The smallest absolute Gasteiger partial charge is 0.243 e. The van der Waals surface area contributed by atoms with Gasteiger partial charge < -0.3 is 20.3 Å². The molecule has 2 unspecified atom stereocenters. The van der Waals surface area contributed by atoms with Gasteiger partial charge in [-0.05, 0) is 31.4 Å². The molecule has 2 rings (SSSR count). The first kappa shape index (κ1) is 26.9. The van der Waals surface area contributed by atoms with Crippen molar-refractivity contribution in [3.05, 3.63) is 71.8 Å². The van der Waals surface area contributed by atoms with Gasteiger partial charge in [-0.3, -0.25) is 4.79 Å². The number of aliphatic imine (C=N–C) groups is 1. The first-order valence-corrected chi connectivity index (χ1v) is 10.4. The molecule has 0 aromatic heterocycles. The molecular formula is C24H35IN4O2. The van der Waals surface area contributed by atoms with Gasteiger partial charge in [-0.2, -0.15) is 0 Å². The second kappa shape index (κ2) is 14.8. The molecule has 0 aliphatic rings. The molecule has 0 fully saturated rings. The second-order valence-electron chi connectivity index (χ2n) is 7.43. The molecule has 31 heavy (non-hydrogen) atoms. The van der Waals surface area contributed by atoms with Crippen LogP contribution < -0.4 is 10.6 Å². The number of carbonyl (C=O) groups excluding carboxylic acids is 1. The minimum Gasteiger partial charge on any atom is -0.374 e. The van der Waals surface area contributed by atoms with Crippen LogP contribution in [0.3, 0.4) is 0 Å². The number of ether oxygens (including phenoxy) is 1. The Bertz CT molecular complexity index is 785. The minimum absolute atomic E-state index is 0. The number of halogens is 1. The van der Waals surface area contributed by atoms with Crippen LogP contribution >= 0.6 is 24.0 Å². The van der Waals surface area contributed by atoms with Crippen LogP contribution in [0.4, 0.5) is 0 Å². The van der Waals surface area contributed by atoms with Crippen molar-refractivity contribution in [1.82, 2.24) is 15.5 Å². The topological polar surface area (TPSA) is 66.0 Å². The maximum absolute atomic E-state index is 11.9. The number of guanidine groups is 1. The molecule has 2 atom stereocenters. The number of hydrogen-bond acceptors (Lipinski definition) is 3. The van der Waals surface area contributed by atoms with Gasteiger partial charge in [-0.25, -0.2) is 4.99 Å². The molecular weight excluding hydrogens is 503 g/mol. The lowest BCUT2D eigenvalue weighted by Crippen LogP contribution is -2.40. The van der Waals surface area contributed by atoms with Crippen LogP contribution in [-0.2, 0) is 9.53 Å². The number of nitrogens with zero attached hydrogens (tertiary/aromatic N) is 2. The average molecular weight is 538 g/mol. The van der Waals surface area contributed by atoms with E-state index in [0.29, 0.717) is 19.1 Å². The van der Waals surface area contributed by atoms with Gasteiger partial charge in [0.1, 0.15) is 6.54 Å². The highest BCUT2D eigenvalue weighted by Crippen LogP contribution is 2.15. The molecule has 1 amide bonds. The number of likely N-dealkylation sites (N-methyl/N-ethyl adjacent to an activating group) is 1. The average Bonchev–Trinajstić information content (AvgIpc) is 2.77. The largest absolute Gasteiger partial charge is 0.374 e. The quantitative estimate of drug-likeness (QED) is 0.207. The molecule has 0 bridgehead atoms. The monoisotopic (exact) mass is 538 g/mol. The summed E-state index contributed by atoms with van der Waals surface area (Å²) in [5.74, 6) is 0.584. The molecule has 0 spiro atoms. The molecule has 0 radical (unpaired) electrons. The Labute approximate surface area is 203 Å². The van der Waals surface area contributed by atoms with Crippen molar-refractivity contribution in [2.45, 2.75) is 32.4 Å². The van der Waals surface area contributed by atoms with Crippen LogP contribution in [-0.4, -0.2) is 50.6 Å². The van der Waals surface area contributed by atoms with Crippen molar-refractivity contribution in [2.75, 3.05) is 33.8 Å². The summed E-state index contributed by atoms with van der Waals surface area (Å²) in [6.45, 7) is 5.58. The van der Waals surface area contributed by atoms with Crippen LogP contribution in [0.15, 0.2) is 65.7 Å². The van der Waals surface area contributed by atoms with Crippen LogP contribution in [0, 0.1) is 0 Å². The summed E-state index contributed by atoms with van der Waals surface area (Å²) in [5.41, 5.74) is 2.33. The minimum atomic E-state index is -0.0384. The summed E-state index contributed by atoms with van der Waals surface area (Å²) in [4.78, 5) is 17.9. The number of nitrogens with one attached hydrogen (secondary N) is 2. The molecule has 0 aliphatic heterocycles. The van der Waals surface area contributed by atoms with Crippen molar-refractivity contribution < 1.29 is 9.53 Å². The van der Waals surface area contributed by atoms with E-state index in [1.165, 1.54) is 5.56 Å². The Hall–Kier alpha value is -2.13. The first-order valence-electron chi connectivity index (χ1n) is 10.4.